The van der Waals surface area contributed by atoms with E-state index in [-0.39, 0.29) is 0 Å². The summed E-state index contributed by atoms with van der Waals surface area (Å²) < 4.78 is 52.6. The predicted molar refractivity (Wildman–Crippen MR) is 268 cm³/mol. The van der Waals surface area contributed by atoms with Crippen LogP contribution in [-0.2, 0) is 6.18 Å². The third-order valence-electron chi connectivity index (χ3n) is 13.0. The van der Waals surface area contributed by atoms with Crippen LogP contribution in [0.15, 0.2) is 176 Å². The molecule has 0 unspecified atom stereocenters. The van der Waals surface area contributed by atoms with Gasteiger partial charge in [0.25, 0.3) is 0 Å². The van der Waals surface area contributed by atoms with E-state index in [0.717, 1.165) is 60.5 Å². The van der Waals surface area contributed by atoms with Crippen molar-refractivity contribution < 1.29 is 13.2 Å². The summed E-state index contributed by atoms with van der Waals surface area (Å²) >= 11 is 3.57. The Bertz CT molecular complexity index is 4210. The van der Waals surface area contributed by atoms with Crippen LogP contribution < -0.4 is 0 Å². The van der Waals surface area contributed by atoms with E-state index in [1.165, 1.54) is 52.5 Å². The Morgan fingerprint density at radius 1 is 0.477 bits per heavy atom. The SMILES string of the molecule is [C-]#[N+]c1cccc(-n2c3ccccc3c3c4sc5ccccc5c4ccc32)c1-c1cc(-c2cc(C)cc(C(F)(F)F)c2)ccc1-n1c2ccccc2c2c3sc4ccccc4c3ccc21. The third-order valence-corrected chi connectivity index (χ3v) is 15.4. The van der Waals surface area contributed by atoms with Crippen LogP contribution in [0.3, 0.4) is 0 Å². The highest BCUT2D eigenvalue weighted by atomic mass is 32.1. The Kier molecular flexibility index (Phi) is 8.09. The van der Waals surface area contributed by atoms with E-state index < -0.39 is 11.7 Å². The van der Waals surface area contributed by atoms with Gasteiger partial charge in [-0.15, -0.1) is 22.7 Å². The number of halogens is 3. The van der Waals surface area contributed by atoms with Crippen LogP contribution in [0, 0.1) is 13.5 Å². The smallest absolute Gasteiger partial charge is 0.310 e. The lowest BCUT2D eigenvalue weighted by molar-refractivity contribution is -0.137. The number of alkyl halides is 3. The average Bonchev–Trinajstić information content (AvgIpc) is 4.08. The molecule has 8 heteroatoms. The summed E-state index contributed by atoms with van der Waals surface area (Å²) in [6.07, 6.45) is -4.52. The lowest BCUT2D eigenvalue weighted by atomic mass is 9.93. The molecule has 0 N–H and O–H groups in total. The Morgan fingerprint density at radius 3 is 1.62 bits per heavy atom. The molecule has 0 fully saturated rings. The van der Waals surface area contributed by atoms with Gasteiger partial charge >= 0.3 is 6.18 Å². The second-order valence-corrected chi connectivity index (χ2v) is 18.8. The first-order valence-electron chi connectivity index (χ1n) is 21.3. The zero-order valence-electron chi connectivity index (χ0n) is 34.5. The molecule has 308 valence electrons. The number of rotatable bonds is 4. The molecule has 0 saturated heterocycles. The number of aryl methyl sites for hydroxylation is 1. The van der Waals surface area contributed by atoms with Gasteiger partial charge in [0.2, 0.25) is 0 Å². The maximum absolute atomic E-state index is 14.4. The monoisotopic (exact) mass is 879 g/mol. The summed E-state index contributed by atoms with van der Waals surface area (Å²) in [5, 5.41) is 9.28. The van der Waals surface area contributed by atoms with Gasteiger partial charge in [-0.05, 0) is 95.9 Å². The molecule has 65 heavy (non-hydrogen) atoms. The van der Waals surface area contributed by atoms with Gasteiger partial charge in [-0.2, -0.15) is 13.2 Å². The Balaban J connectivity index is 1.17. The molecular weight excluding hydrogens is 848 g/mol. The minimum Gasteiger partial charge on any atom is -0.310 e. The van der Waals surface area contributed by atoms with E-state index in [4.69, 9.17) is 6.57 Å². The second-order valence-electron chi connectivity index (χ2n) is 16.7. The van der Waals surface area contributed by atoms with E-state index in [1.807, 2.05) is 42.5 Å². The van der Waals surface area contributed by atoms with Crippen LogP contribution in [0.25, 0.3) is 122 Å². The van der Waals surface area contributed by atoms with Crippen molar-refractivity contribution in [3.8, 4) is 33.6 Å². The zero-order valence-corrected chi connectivity index (χ0v) is 36.2. The molecule has 13 rings (SSSR count). The second kappa shape index (κ2) is 13.9. The fourth-order valence-electron chi connectivity index (χ4n) is 10.3. The van der Waals surface area contributed by atoms with Crippen LogP contribution in [-0.4, -0.2) is 9.13 Å². The van der Waals surface area contributed by atoms with Gasteiger partial charge in [0, 0.05) is 73.1 Å². The van der Waals surface area contributed by atoms with E-state index in [9.17, 15) is 13.2 Å². The molecule has 0 aliphatic heterocycles. The summed E-state index contributed by atoms with van der Waals surface area (Å²) in [5.74, 6) is 0. The molecule has 3 nitrogen and oxygen atoms in total. The molecule has 9 aromatic carbocycles. The largest absolute Gasteiger partial charge is 0.416 e. The van der Waals surface area contributed by atoms with E-state index in [0.29, 0.717) is 27.9 Å². The van der Waals surface area contributed by atoms with Crippen molar-refractivity contribution in [2.75, 3.05) is 0 Å². The summed E-state index contributed by atoms with van der Waals surface area (Å²) in [6.45, 7) is 10.4. The lowest BCUT2D eigenvalue weighted by Crippen LogP contribution is -2.05. The van der Waals surface area contributed by atoms with E-state index in [1.54, 1.807) is 35.7 Å². The molecule has 0 amide bonds. The normalized spacial score (nSPS) is 12.3. The van der Waals surface area contributed by atoms with E-state index >= 15 is 0 Å². The Morgan fingerprint density at radius 2 is 1.03 bits per heavy atom. The molecule has 0 atom stereocenters. The van der Waals surface area contributed by atoms with Crippen LogP contribution in [0.2, 0.25) is 0 Å². The van der Waals surface area contributed by atoms with Crippen molar-refractivity contribution in [3.63, 3.8) is 0 Å². The molecule has 0 aliphatic rings. The first-order chi connectivity index (χ1) is 31.7. The minimum absolute atomic E-state index is 0.433. The fraction of sp³-hybridized carbons (Fsp3) is 0.0351. The molecule has 0 aliphatic carbocycles. The quantitative estimate of drug-likeness (QED) is 0.156. The van der Waals surface area contributed by atoms with Gasteiger partial charge in [0.15, 0.2) is 5.69 Å². The first kappa shape index (κ1) is 37.8. The van der Waals surface area contributed by atoms with Crippen LogP contribution in [0.4, 0.5) is 18.9 Å². The summed E-state index contributed by atoms with van der Waals surface area (Å²) in [4.78, 5) is 4.21. The summed E-state index contributed by atoms with van der Waals surface area (Å²) in [5.41, 5.74) is 8.33. The van der Waals surface area contributed by atoms with Gasteiger partial charge in [-0.25, -0.2) is 4.85 Å². The molecule has 13 aromatic rings. The number of nitrogens with zero attached hydrogens (tertiary/aromatic N) is 3. The van der Waals surface area contributed by atoms with Gasteiger partial charge in [-0.3, -0.25) is 0 Å². The topological polar surface area (TPSA) is 14.2 Å². The number of hydrogen-bond acceptors (Lipinski definition) is 2. The third kappa shape index (κ3) is 5.53. The van der Waals surface area contributed by atoms with Crippen molar-refractivity contribution in [2.24, 2.45) is 0 Å². The maximum Gasteiger partial charge on any atom is 0.416 e. The van der Waals surface area contributed by atoms with Gasteiger partial charge in [-0.1, -0.05) is 109 Å². The average molecular weight is 880 g/mol. The van der Waals surface area contributed by atoms with E-state index in [2.05, 4.69) is 129 Å². The van der Waals surface area contributed by atoms with Crippen LogP contribution in [0.5, 0.6) is 0 Å². The first-order valence-corrected chi connectivity index (χ1v) is 22.9. The highest BCUT2D eigenvalue weighted by Crippen LogP contribution is 2.50. The molecule has 0 saturated carbocycles. The van der Waals surface area contributed by atoms with Crippen LogP contribution >= 0.6 is 22.7 Å². The number of fused-ring (bicyclic) bond motifs is 14. The number of benzene rings is 9. The number of para-hydroxylation sites is 2. The predicted octanol–water partition coefficient (Wildman–Crippen LogP) is 17.8. The summed E-state index contributed by atoms with van der Waals surface area (Å²) in [6, 6.07) is 58.7. The Labute approximate surface area is 377 Å². The number of thiophene rings is 2. The highest BCUT2D eigenvalue weighted by molar-refractivity contribution is 7.27. The molecule has 0 spiro atoms. The van der Waals surface area contributed by atoms with Crippen molar-refractivity contribution in [1.82, 2.24) is 9.13 Å². The molecule has 4 heterocycles. The molecule has 0 radical (unpaired) electrons. The van der Waals surface area contributed by atoms with Crippen molar-refractivity contribution in [1.29, 1.82) is 0 Å². The maximum atomic E-state index is 14.4. The molecule has 4 aromatic heterocycles. The molecule has 0 bridgehead atoms. The Hall–Kier alpha value is -7.70. The standard InChI is InChI=1S/C57H32F3N3S2/c1-32-28-34(30-35(29-32)57(58,59)60)33-22-25-46(62-44-17-7-3-14-40(44)53-48(62)26-23-38-36-12-5-9-20-50(36)64-55(38)53)42(31-33)52-43(61-2)16-11-19-47(52)63-45-18-8-4-15-41(45)54-49(63)27-24-39-37-13-6-10-21-51(37)65-56(39)54/h3-31H,1H3. The van der Waals surface area contributed by atoms with Crippen molar-refractivity contribution in [2.45, 2.75) is 13.1 Å². The van der Waals surface area contributed by atoms with Gasteiger partial charge in [0.05, 0.1) is 39.9 Å². The van der Waals surface area contributed by atoms with Crippen LogP contribution in [0.1, 0.15) is 11.1 Å². The zero-order chi connectivity index (χ0) is 43.7. The number of hydrogen-bond donors (Lipinski definition) is 0. The van der Waals surface area contributed by atoms with Crippen molar-refractivity contribution in [3.05, 3.63) is 198 Å². The lowest BCUT2D eigenvalue weighted by Gasteiger charge is -2.21. The molecular formula is C57H32F3N3S2. The van der Waals surface area contributed by atoms with Crippen molar-refractivity contribution >= 4 is 112 Å². The minimum atomic E-state index is -4.52. The summed E-state index contributed by atoms with van der Waals surface area (Å²) in [7, 11) is 0. The number of aromatic nitrogens is 2. The van der Waals surface area contributed by atoms with Gasteiger partial charge < -0.3 is 9.13 Å². The highest BCUT2D eigenvalue weighted by Gasteiger charge is 2.31. The fourth-order valence-corrected chi connectivity index (χ4v) is 12.8. The van der Waals surface area contributed by atoms with Gasteiger partial charge in [0.1, 0.15) is 0 Å².